The van der Waals surface area contributed by atoms with E-state index in [0.717, 1.165) is 44.7 Å². The molecule has 0 spiro atoms. The van der Waals surface area contributed by atoms with Gasteiger partial charge in [-0.3, -0.25) is 0 Å². The smallest absolute Gasteiger partial charge is 0.143 e. The number of benzene rings is 9. The Kier molecular flexibility index (Phi) is 8.36. The number of rotatable bonds is 4. The molecule has 0 saturated carbocycles. The Morgan fingerprint density at radius 2 is 0.944 bits per heavy atom. The van der Waals surface area contributed by atoms with Crippen LogP contribution in [0.15, 0.2) is 173 Å². The van der Waals surface area contributed by atoms with E-state index < -0.39 is 0 Å². The molecule has 3 nitrogen and oxygen atoms in total. The number of para-hydroxylation sites is 3. The predicted octanol–water partition coefficient (Wildman–Crippen LogP) is 19.1. The fourth-order valence-corrected chi connectivity index (χ4v) is 13.2. The zero-order valence-corrected chi connectivity index (χ0v) is 42.4. The van der Waals surface area contributed by atoms with Crippen molar-refractivity contribution in [3.05, 3.63) is 208 Å². The molecule has 0 bridgehead atoms. The van der Waals surface area contributed by atoms with Crippen LogP contribution in [0.25, 0.3) is 88.4 Å². The molecule has 2 heterocycles. The van der Waals surface area contributed by atoms with Crippen molar-refractivity contribution in [2.24, 2.45) is 0 Å². The average molecular weight is 920 g/mol. The highest BCUT2D eigenvalue weighted by molar-refractivity contribution is 6.19. The summed E-state index contributed by atoms with van der Waals surface area (Å²) < 4.78 is 13.3. The molecule has 0 saturated heterocycles. The highest BCUT2D eigenvalue weighted by atomic mass is 16.3. The van der Waals surface area contributed by atoms with E-state index in [9.17, 15) is 0 Å². The van der Waals surface area contributed by atoms with E-state index >= 15 is 0 Å². The molecule has 9 aromatic carbocycles. The summed E-state index contributed by atoms with van der Waals surface area (Å²) in [5, 5.41) is 4.76. The Balaban J connectivity index is 0.922. The highest BCUT2D eigenvalue weighted by Gasteiger charge is 2.44. The van der Waals surface area contributed by atoms with Crippen molar-refractivity contribution in [1.82, 2.24) is 0 Å². The van der Waals surface area contributed by atoms with E-state index in [1.54, 1.807) is 0 Å². The van der Waals surface area contributed by atoms with E-state index in [1.165, 1.54) is 105 Å². The van der Waals surface area contributed by atoms with Gasteiger partial charge in [0.1, 0.15) is 22.3 Å². The highest BCUT2D eigenvalue weighted by Crippen LogP contribution is 2.60. The minimum atomic E-state index is -0.298. The normalized spacial score (nSPS) is 15.5. The first-order chi connectivity index (χ1) is 34.0. The zero-order chi connectivity index (χ0) is 48.7. The number of hydrogen-bond donors (Lipinski definition) is 0. The van der Waals surface area contributed by atoms with Gasteiger partial charge in [0.15, 0.2) is 0 Å². The summed E-state index contributed by atoms with van der Waals surface area (Å²) in [6, 6.07) is 61.5. The van der Waals surface area contributed by atoms with Gasteiger partial charge in [-0.2, -0.15) is 0 Å². The standard InChI is InChI=1S/C68H57NO2/c1-38-17-11-14-20-56(38)69(41-27-29-43-48-36-54-49(37-53(48)67(7,8)51(43)33-41)61-50(66(54,5)6)31-32-59-62(61)45-18-12-15-21-57(45)70-59)42-28-30-44-52(34-42)68(9,10)55-35-47(39-23-25-40(26-24-39)65(2,3)4)64-63(60(44)55)46-19-13-16-22-58(46)71-64/h11-37H,1-10H3. The predicted molar refractivity (Wildman–Crippen MR) is 297 cm³/mol. The van der Waals surface area contributed by atoms with Gasteiger partial charge in [-0.25, -0.2) is 0 Å². The molecule has 346 valence electrons. The van der Waals surface area contributed by atoms with Crippen molar-refractivity contribution in [3.8, 4) is 44.5 Å². The van der Waals surface area contributed by atoms with E-state index in [2.05, 4.69) is 238 Å². The molecule has 3 aliphatic rings. The number of fused-ring (bicyclic) bond motifs is 17. The van der Waals surface area contributed by atoms with Gasteiger partial charge < -0.3 is 13.7 Å². The van der Waals surface area contributed by atoms with Gasteiger partial charge in [-0.05, 0) is 163 Å². The lowest BCUT2D eigenvalue weighted by Gasteiger charge is -2.30. The summed E-state index contributed by atoms with van der Waals surface area (Å²) in [5.74, 6) is 0. The van der Waals surface area contributed by atoms with Crippen LogP contribution >= 0.6 is 0 Å². The molecule has 2 aromatic heterocycles. The van der Waals surface area contributed by atoms with Crippen molar-refractivity contribution in [2.75, 3.05) is 4.90 Å². The molecule has 0 amide bonds. The maximum absolute atomic E-state index is 6.88. The van der Waals surface area contributed by atoms with Crippen LogP contribution in [0.1, 0.15) is 107 Å². The van der Waals surface area contributed by atoms with Gasteiger partial charge >= 0.3 is 0 Å². The second-order valence-corrected chi connectivity index (χ2v) is 23.3. The Morgan fingerprint density at radius 3 is 1.65 bits per heavy atom. The Hall–Kier alpha value is -7.62. The molecule has 0 fully saturated rings. The Morgan fingerprint density at radius 1 is 0.408 bits per heavy atom. The quantitative estimate of drug-likeness (QED) is 0.176. The molecular formula is C68H57NO2. The van der Waals surface area contributed by atoms with Crippen LogP contribution in [0, 0.1) is 6.92 Å². The first-order valence-corrected chi connectivity index (χ1v) is 25.4. The van der Waals surface area contributed by atoms with Crippen LogP contribution in [0.2, 0.25) is 0 Å². The van der Waals surface area contributed by atoms with Gasteiger partial charge in [0.05, 0.1) is 0 Å². The third-order valence-electron chi connectivity index (χ3n) is 17.2. The summed E-state index contributed by atoms with van der Waals surface area (Å²) in [6.07, 6.45) is 0. The van der Waals surface area contributed by atoms with Crippen LogP contribution in [0.3, 0.4) is 0 Å². The lowest BCUT2D eigenvalue weighted by Crippen LogP contribution is -2.18. The average Bonchev–Trinajstić information content (AvgIpc) is 4.11. The minimum absolute atomic E-state index is 0.0652. The molecule has 0 radical (unpaired) electrons. The zero-order valence-electron chi connectivity index (χ0n) is 42.4. The second kappa shape index (κ2) is 14.0. The number of aryl methyl sites for hydroxylation is 1. The Labute approximate surface area is 416 Å². The summed E-state index contributed by atoms with van der Waals surface area (Å²) in [6.45, 7) is 23.5. The van der Waals surface area contributed by atoms with E-state index in [1.807, 2.05) is 0 Å². The van der Waals surface area contributed by atoms with Crippen LogP contribution in [-0.4, -0.2) is 0 Å². The van der Waals surface area contributed by atoms with E-state index in [-0.39, 0.29) is 21.7 Å². The van der Waals surface area contributed by atoms with Gasteiger partial charge in [0.2, 0.25) is 0 Å². The summed E-state index contributed by atoms with van der Waals surface area (Å²) in [5.41, 5.74) is 27.4. The molecule has 3 aliphatic carbocycles. The van der Waals surface area contributed by atoms with Crippen molar-refractivity contribution in [2.45, 2.75) is 90.9 Å². The minimum Gasteiger partial charge on any atom is -0.456 e. The van der Waals surface area contributed by atoms with Gasteiger partial charge in [0.25, 0.3) is 0 Å². The number of furan rings is 2. The second-order valence-electron chi connectivity index (χ2n) is 23.3. The first kappa shape index (κ1) is 42.3. The van der Waals surface area contributed by atoms with Crippen molar-refractivity contribution >= 4 is 60.9 Å². The monoisotopic (exact) mass is 919 g/mol. The number of anilines is 3. The SMILES string of the molecule is Cc1ccccc1N(c1ccc2c(c1)C(C)(C)c1cc3c(cc1-2)C(C)(C)c1ccc2oc4ccccc4c2c1-3)c1ccc2c(c1)C(C)(C)c1cc(-c3ccc(C(C)(C)C)cc3)c3oc4ccccc4c3c1-2. The summed E-state index contributed by atoms with van der Waals surface area (Å²) >= 11 is 0. The van der Waals surface area contributed by atoms with Gasteiger partial charge in [-0.1, -0.05) is 159 Å². The van der Waals surface area contributed by atoms with E-state index in [0.29, 0.717) is 0 Å². The van der Waals surface area contributed by atoms with Crippen LogP contribution in [0.5, 0.6) is 0 Å². The molecule has 3 heteroatoms. The third kappa shape index (κ3) is 5.66. The first-order valence-electron chi connectivity index (χ1n) is 25.4. The van der Waals surface area contributed by atoms with E-state index in [4.69, 9.17) is 8.83 Å². The molecule has 0 aliphatic heterocycles. The maximum Gasteiger partial charge on any atom is 0.143 e. The largest absolute Gasteiger partial charge is 0.456 e. The van der Waals surface area contributed by atoms with Crippen LogP contribution < -0.4 is 4.90 Å². The molecule has 14 rings (SSSR count). The topological polar surface area (TPSA) is 29.5 Å². The fourth-order valence-electron chi connectivity index (χ4n) is 13.2. The lowest BCUT2D eigenvalue weighted by molar-refractivity contribution is 0.590. The molecule has 11 aromatic rings. The molecule has 0 atom stereocenters. The summed E-state index contributed by atoms with van der Waals surface area (Å²) in [7, 11) is 0. The molecular weight excluding hydrogens is 863 g/mol. The van der Waals surface area contributed by atoms with Crippen LogP contribution in [0.4, 0.5) is 17.1 Å². The lowest BCUT2D eigenvalue weighted by atomic mass is 9.79. The molecule has 71 heavy (non-hydrogen) atoms. The molecule has 0 N–H and O–H groups in total. The van der Waals surface area contributed by atoms with Crippen molar-refractivity contribution < 1.29 is 8.83 Å². The number of hydrogen-bond acceptors (Lipinski definition) is 3. The number of nitrogens with zero attached hydrogens (tertiary/aromatic N) is 1. The summed E-state index contributed by atoms with van der Waals surface area (Å²) in [4.78, 5) is 2.50. The third-order valence-corrected chi connectivity index (χ3v) is 17.2. The Bertz CT molecular complexity index is 4120. The van der Waals surface area contributed by atoms with Crippen molar-refractivity contribution in [3.63, 3.8) is 0 Å². The maximum atomic E-state index is 6.88. The van der Waals surface area contributed by atoms with Gasteiger partial charge in [-0.15, -0.1) is 0 Å². The van der Waals surface area contributed by atoms with Gasteiger partial charge in [0, 0.05) is 60.4 Å². The fraction of sp³-hybridized carbons (Fsp3) is 0.206. The van der Waals surface area contributed by atoms with Crippen LogP contribution in [-0.2, 0) is 21.7 Å². The molecule has 0 unspecified atom stereocenters. The van der Waals surface area contributed by atoms with Crippen molar-refractivity contribution in [1.29, 1.82) is 0 Å².